The summed E-state index contributed by atoms with van der Waals surface area (Å²) in [6, 6.07) is 19.0. The van der Waals surface area contributed by atoms with E-state index in [0.29, 0.717) is 46.9 Å². The maximum Gasteiger partial charge on any atom is 0.408 e. The van der Waals surface area contributed by atoms with Gasteiger partial charge in [0.25, 0.3) is 0 Å². The lowest BCUT2D eigenvalue weighted by molar-refractivity contribution is -0.127. The molecule has 2 amide bonds. The molecule has 4 aliphatic carbocycles. The van der Waals surface area contributed by atoms with Crippen molar-refractivity contribution in [2.75, 3.05) is 12.8 Å². The molecule has 2 aromatic heterocycles. The first-order chi connectivity index (χ1) is 21.6. The highest BCUT2D eigenvalue weighted by molar-refractivity contribution is 7.89. The summed E-state index contributed by atoms with van der Waals surface area (Å²) in [7, 11) is -3.61. The summed E-state index contributed by atoms with van der Waals surface area (Å²) >= 11 is 0. The van der Waals surface area contributed by atoms with Crippen LogP contribution in [0.3, 0.4) is 0 Å². The number of hydrogen-bond donors (Lipinski definition) is 2. The highest BCUT2D eigenvalue weighted by atomic mass is 32.2. The molecular formula is C35H40N4O5S. The van der Waals surface area contributed by atoms with Gasteiger partial charge in [-0.15, -0.1) is 0 Å². The molecule has 2 N–H and O–H groups in total. The summed E-state index contributed by atoms with van der Waals surface area (Å²) in [5.41, 5.74) is 1.31. The number of alkyl carbamates (subject to hydrolysis) is 1. The second kappa shape index (κ2) is 11.5. The molecule has 236 valence electrons. The van der Waals surface area contributed by atoms with Crippen molar-refractivity contribution in [3.05, 3.63) is 78.1 Å². The van der Waals surface area contributed by atoms with Crippen LogP contribution in [0.25, 0.3) is 21.8 Å². The van der Waals surface area contributed by atoms with Gasteiger partial charge in [0, 0.05) is 29.4 Å². The van der Waals surface area contributed by atoms with Crippen molar-refractivity contribution < 1.29 is 22.7 Å². The lowest BCUT2D eigenvalue weighted by Crippen LogP contribution is -2.60. The average molecular weight is 629 g/mol. The molecule has 4 bridgehead atoms. The Morgan fingerprint density at radius 2 is 1.60 bits per heavy atom. The number of carbonyl (C=O) groups is 2. The van der Waals surface area contributed by atoms with Crippen LogP contribution in [0.2, 0.25) is 0 Å². The largest absolute Gasteiger partial charge is 0.446 e. The van der Waals surface area contributed by atoms with Gasteiger partial charge in [0.1, 0.15) is 11.6 Å². The summed E-state index contributed by atoms with van der Waals surface area (Å²) < 4.78 is 32.9. The molecule has 9 nitrogen and oxygen atoms in total. The van der Waals surface area contributed by atoms with E-state index in [1.165, 1.54) is 22.8 Å². The molecule has 0 radical (unpaired) electrons. The number of nitrogens with zero attached hydrogens (tertiary/aromatic N) is 2. The van der Waals surface area contributed by atoms with E-state index >= 15 is 0 Å². The van der Waals surface area contributed by atoms with Crippen molar-refractivity contribution >= 4 is 43.8 Å². The Labute approximate surface area is 263 Å². The smallest absolute Gasteiger partial charge is 0.408 e. The summed E-state index contributed by atoms with van der Waals surface area (Å²) in [4.78, 5) is 32.0. The fourth-order valence-corrected chi connectivity index (χ4v) is 9.50. The molecule has 4 fully saturated rings. The van der Waals surface area contributed by atoms with E-state index < -0.39 is 21.7 Å². The third kappa shape index (κ3) is 5.80. The van der Waals surface area contributed by atoms with Gasteiger partial charge in [0.2, 0.25) is 15.9 Å². The number of aromatic nitrogens is 2. The number of para-hydroxylation sites is 1. The summed E-state index contributed by atoms with van der Waals surface area (Å²) in [6.07, 6.45) is 8.54. The first kappa shape index (κ1) is 29.8. The minimum absolute atomic E-state index is 0.0925. The van der Waals surface area contributed by atoms with Crippen molar-refractivity contribution in [3.8, 4) is 0 Å². The quantitative estimate of drug-likeness (QED) is 0.263. The molecule has 2 heterocycles. The summed E-state index contributed by atoms with van der Waals surface area (Å²) in [6.45, 7) is 2.10. The van der Waals surface area contributed by atoms with Gasteiger partial charge >= 0.3 is 6.09 Å². The molecule has 2 aromatic carbocycles. The Morgan fingerprint density at radius 1 is 0.933 bits per heavy atom. The highest BCUT2D eigenvalue weighted by Crippen LogP contribution is 2.54. The molecule has 4 aromatic rings. The maximum absolute atomic E-state index is 13.9. The zero-order valence-corrected chi connectivity index (χ0v) is 26.6. The average Bonchev–Trinajstić information content (AvgIpc) is 3.33. The number of hydrogen-bond acceptors (Lipinski definition) is 6. The topological polar surface area (TPSA) is 119 Å². The molecule has 4 aliphatic rings. The van der Waals surface area contributed by atoms with Crippen LogP contribution in [0.1, 0.15) is 50.3 Å². The van der Waals surface area contributed by atoms with E-state index in [4.69, 9.17) is 4.74 Å². The molecule has 4 saturated carbocycles. The SMILES string of the molecule is CC(Cc1cc2c3ccccc3n(S(C)(=O)=O)c2cn1)(NC(=O)OC1C2CC3CC(C2)CC1C3)C(=O)NCCc1ccccc1. The third-order valence-electron chi connectivity index (χ3n) is 10.2. The van der Waals surface area contributed by atoms with Gasteiger partial charge in [0.05, 0.1) is 23.5 Å². The fraction of sp³-hybridized carbons (Fsp3) is 0.457. The van der Waals surface area contributed by atoms with Crippen LogP contribution in [0, 0.1) is 23.7 Å². The number of rotatable bonds is 9. The van der Waals surface area contributed by atoms with Crippen LogP contribution in [0.4, 0.5) is 4.79 Å². The molecule has 0 saturated heterocycles. The highest BCUT2D eigenvalue weighted by Gasteiger charge is 2.50. The van der Waals surface area contributed by atoms with Gasteiger partial charge in [-0.2, -0.15) is 0 Å². The van der Waals surface area contributed by atoms with E-state index in [1.807, 2.05) is 48.5 Å². The van der Waals surface area contributed by atoms with Crippen LogP contribution in [-0.2, 0) is 32.4 Å². The van der Waals surface area contributed by atoms with Crippen molar-refractivity contribution in [1.82, 2.24) is 19.6 Å². The van der Waals surface area contributed by atoms with Crippen LogP contribution in [-0.4, -0.2) is 53.8 Å². The van der Waals surface area contributed by atoms with Gasteiger partial charge in [-0.25, -0.2) is 17.2 Å². The number of fused-ring (bicyclic) bond motifs is 3. The van der Waals surface area contributed by atoms with Gasteiger partial charge in [-0.3, -0.25) is 9.78 Å². The first-order valence-corrected chi connectivity index (χ1v) is 17.8. The van der Waals surface area contributed by atoms with Gasteiger partial charge in [0.15, 0.2) is 0 Å². The Balaban J connectivity index is 1.15. The van der Waals surface area contributed by atoms with Crippen molar-refractivity contribution in [3.63, 3.8) is 0 Å². The fourth-order valence-electron chi connectivity index (χ4n) is 8.48. The number of benzene rings is 2. The van der Waals surface area contributed by atoms with E-state index in [2.05, 4.69) is 15.6 Å². The molecule has 1 unspecified atom stereocenters. The first-order valence-electron chi connectivity index (χ1n) is 16.0. The zero-order valence-electron chi connectivity index (χ0n) is 25.7. The minimum atomic E-state index is -3.61. The number of amides is 2. The Kier molecular flexibility index (Phi) is 7.58. The number of ether oxygens (including phenoxy) is 1. The zero-order chi connectivity index (χ0) is 31.3. The minimum Gasteiger partial charge on any atom is -0.446 e. The summed E-state index contributed by atoms with van der Waals surface area (Å²) in [5, 5.41) is 7.45. The third-order valence-corrected chi connectivity index (χ3v) is 11.3. The molecule has 8 rings (SSSR count). The normalized spacial score (nSPS) is 25.2. The number of nitrogens with one attached hydrogen (secondary N) is 2. The van der Waals surface area contributed by atoms with E-state index in [-0.39, 0.29) is 18.4 Å². The van der Waals surface area contributed by atoms with Crippen LogP contribution >= 0.6 is 0 Å². The van der Waals surface area contributed by atoms with Gasteiger partial charge < -0.3 is 15.4 Å². The number of pyridine rings is 1. The second-order valence-electron chi connectivity index (χ2n) is 13.7. The van der Waals surface area contributed by atoms with E-state index in [0.717, 1.165) is 48.5 Å². The second-order valence-corrected chi connectivity index (χ2v) is 15.5. The molecular weight excluding hydrogens is 588 g/mol. The molecule has 10 heteroatoms. The Morgan fingerprint density at radius 3 is 2.29 bits per heavy atom. The van der Waals surface area contributed by atoms with Gasteiger partial charge in [-0.05, 0) is 86.8 Å². The lowest BCUT2D eigenvalue weighted by Gasteiger charge is -2.53. The Hall–Kier alpha value is -3.92. The molecule has 0 aliphatic heterocycles. The predicted molar refractivity (Wildman–Crippen MR) is 173 cm³/mol. The van der Waals surface area contributed by atoms with E-state index in [1.54, 1.807) is 19.1 Å². The Bertz CT molecular complexity index is 1840. The van der Waals surface area contributed by atoms with Crippen molar-refractivity contribution in [2.45, 2.75) is 63.5 Å². The molecule has 1 atom stereocenters. The van der Waals surface area contributed by atoms with Crippen molar-refractivity contribution in [1.29, 1.82) is 0 Å². The van der Waals surface area contributed by atoms with Gasteiger partial charge in [-0.1, -0.05) is 48.5 Å². The number of carbonyl (C=O) groups excluding carboxylic acids is 2. The van der Waals surface area contributed by atoms with Crippen molar-refractivity contribution in [2.24, 2.45) is 23.7 Å². The molecule has 45 heavy (non-hydrogen) atoms. The predicted octanol–water partition coefficient (Wildman–Crippen LogP) is 5.21. The van der Waals surface area contributed by atoms with Crippen LogP contribution in [0.5, 0.6) is 0 Å². The summed E-state index contributed by atoms with van der Waals surface area (Å²) in [5.74, 6) is 1.97. The maximum atomic E-state index is 13.9. The molecule has 0 spiro atoms. The van der Waals surface area contributed by atoms with Crippen LogP contribution in [0.15, 0.2) is 66.9 Å². The monoisotopic (exact) mass is 628 g/mol. The van der Waals surface area contributed by atoms with E-state index in [9.17, 15) is 18.0 Å². The lowest BCUT2D eigenvalue weighted by atomic mass is 9.55. The van der Waals surface area contributed by atoms with Crippen LogP contribution < -0.4 is 10.6 Å². The standard InChI is InChI=1S/C35H40N4O5S/c1-35(33(40)36-13-12-22-8-4-3-5-9-22,38-34(41)44-32-25-15-23-14-24(17-25)18-26(32)16-23)20-27-19-29-28-10-6-7-11-30(28)39(45(2,42)43)31(29)21-37-27/h3-11,19,21,23-26,32H,12-18,20H2,1-2H3,(H,36,40)(H,38,41).